The Balaban J connectivity index is 1.72. The molecule has 1 saturated carbocycles. The fourth-order valence-electron chi connectivity index (χ4n) is 2.61. The number of carbonyl (C=O) groups excluding carboxylic acids is 1. The van der Waals surface area contributed by atoms with Crippen molar-refractivity contribution in [3.63, 3.8) is 0 Å². The first kappa shape index (κ1) is 20.4. The van der Waals surface area contributed by atoms with E-state index in [0.717, 1.165) is 37.1 Å². The topological polar surface area (TPSA) is 68.0 Å². The lowest BCUT2D eigenvalue weighted by molar-refractivity contribution is -0.137. The number of hydrogen-bond acceptors (Lipinski definition) is 4. The van der Waals surface area contributed by atoms with Gasteiger partial charge in [0.2, 0.25) is 11.8 Å². The van der Waals surface area contributed by atoms with Crippen LogP contribution in [0.3, 0.4) is 0 Å². The van der Waals surface area contributed by atoms with Crippen molar-refractivity contribution in [3.8, 4) is 0 Å². The van der Waals surface area contributed by atoms with Gasteiger partial charge in [0, 0.05) is 17.0 Å². The van der Waals surface area contributed by atoms with Crippen molar-refractivity contribution in [2.24, 2.45) is 5.92 Å². The highest BCUT2D eigenvalue weighted by atomic mass is 35.5. The Morgan fingerprint density at radius 2 is 2.07 bits per heavy atom. The van der Waals surface area contributed by atoms with Crippen molar-refractivity contribution >= 4 is 23.6 Å². The molecule has 1 aromatic heterocycles. The van der Waals surface area contributed by atoms with Crippen LogP contribution in [-0.4, -0.2) is 16.0 Å². The van der Waals surface area contributed by atoms with E-state index in [-0.39, 0.29) is 16.5 Å². The molecule has 150 valence electrons. The van der Waals surface area contributed by atoms with Crippen LogP contribution in [-0.2, 0) is 11.0 Å². The lowest BCUT2D eigenvalue weighted by Gasteiger charge is -2.17. The molecule has 0 saturated heterocycles. The summed E-state index contributed by atoms with van der Waals surface area (Å²) in [6.07, 6.45) is -0.0611. The van der Waals surface area contributed by atoms with Crippen LogP contribution in [0, 0.1) is 5.92 Å². The van der Waals surface area contributed by atoms with E-state index in [9.17, 15) is 18.0 Å². The van der Waals surface area contributed by atoms with E-state index >= 15 is 0 Å². The van der Waals surface area contributed by atoms with Gasteiger partial charge in [0.1, 0.15) is 6.04 Å². The minimum absolute atomic E-state index is 0.0259. The molecule has 1 unspecified atom stereocenters. The first-order valence-corrected chi connectivity index (χ1v) is 9.21. The van der Waals surface area contributed by atoms with E-state index in [4.69, 9.17) is 16.1 Å². The second-order valence-electron chi connectivity index (χ2n) is 7.06. The van der Waals surface area contributed by atoms with Crippen LogP contribution in [0.2, 0.25) is 5.02 Å². The summed E-state index contributed by atoms with van der Waals surface area (Å²) in [5.74, 6) is 0.751. The highest BCUT2D eigenvalue weighted by Crippen LogP contribution is 2.38. The molecule has 1 atom stereocenters. The molecule has 3 rings (SSSR count). The van der Waals surface area contributed by atoms with E-state index in [1.165, 1.54) is 6.08 Å². The average Bonchev–Trinajstić information content (AvgIpc) is 3.35. The molecule has 2 aromatic rings. The maximum absolute atomic E-state index is 12.8. The van der Waals surface area contributed by atoms with Gasteiger partial charge in [-0.1, -0.05) is 30.6 Å². The number of carbonyl (C=O) groups is 1. The zero-order chi connectivity index (χ0) is 20.5. The molecule has 1 aliphatic rings. The summed E-state index contributed by atoms with van der Waals surface area (Å²) >= 11 is 5.94. The molecular weight excluding hydrogens is 395 g/mol. The van der Waals surface area contributed by atoms with Crippen LogP contribution < -0.4 is 5.32 Å². The molecule has 0 aliphatic heterocycles. The van der Waals surface area contributed by atoms with Gasteiger partial charge in [-0.25, -0.2) is 0 Å². The summed E-state index contributed by atoms with van der Waals surface area (Å²) < 4.78 is 43.8. The van der Waals surface area contributed by atoms with Gasteiger partial charge >= 0.3 is 6.18 Å². The molecule has 0 radical (unpaired) electrons. The maximum Gasteiger partial charge on any atom is 0.416 e. The quantitative estimate of drug-likeness (QED) is 0.665. The van der Waals surface area contributed by atoms with Crippen molar-refractivity contribution in [2.45, 2.75) is 44.8 Å². The number of alkyl halides is 3. The number of nitrogens with one attached hydrogen (secondary N) is 1. The molecule has 1 aliphatic carbocycles. The van der Waals surface area contributed by atoms with E-state index in [1.54, 1.807) is 0 Å². The molecule has 0 spiro atoms. The summed E-state index contributed by atoms with van der Waals surface area (Å²) in [5, 5.41) is 6.81. The Kier molecular flexibility index (Phi) is 5.79. The van der Waals surface area contributed by atoms with Gasteiger partial charge in [0.15, 0.2) is 5.82 Å². The van der Waals surface area contributed by atoms with Crippen LogP contribution in [0.5, 0.6) is 0 Å². The number of halogens is 4. The highest BCUT2D eigenvalue weighted by molar-refractivity contribution is 6.32. The Hall–Kier alpha value is -2.35. The molecule has 1 fully saturated rings. The third kappa shape index (κ3) is 4.92. The fourth-order valence-corrected chi connectivity index (χ4v) is 2.79. The normalized spacial score (nSPS) is 16.0. The van der Waals surface area contributed by atoms with Crippen LogP contribution in [0.15, 0.2) is 28.8 Å². The molecule has 1 amide bonds. The van der Waals surface area contributed by atoms with Crippen LogP contribution >= 0.6 is 11.6 Å². The molecule has 28 heavy (non-hydrogen) atoms. The second-order valence-corrected chi connectivity index (χ2v) is 7.47. The van der Waals surface area contributed by atoms with Crippen LogP contribution in [0.25, 0.3) is 6.08 Å². The number of hydrogen-bond donors (Lipinski definition) is 1. The Bertz CT molecular complexity index is 889. The Morgan fingerprint density at radius 3 is 2.68 bits per heavy atom. The summed E-state index contributed by atoms with van der Waals surface area (Å²) in [4.78, 5) is 16.7. The van der Waals surface area contributed by atoms with E-state index in [2.05, 4.69) is 15.5 Å². The largest absolute Gasteiger partial charge is 0.416 e. The Morgan fingerprint density at radius 1 is 1.36 bits per heavy atom. The summed E-state index contributed by atoms with van der Waals surface area (Å²) in [7, 11) is 0. The number of nitrogens with zero attached hydrogens (tertiary/aromatic N) is 2. The summed E-state index contributed by atoms with van der Waals surface area (Å²) in [6.45, 7) is 3.78. The van der Waals surface area contributed by atoms with Crippen molar-refractivity contribution in [1.29, 1.82) is 0 Å². The van der Waals surface area contributed by atoms with Crippen molar-refractivity contribution < 1.29 is 22.5 Å². The molecule has 1 N–H and O–H groups in total. The fraction of sp³-hybridized carbons (Fsp3) is 0.421. The van der Waals surface area contributed by atoms with Gasteiger partial charge in [0.25, 0.3) is 0 Å². The molecule has 5 nitrogen and oxygen atoms in total. The predicted molar refractivity (Wildman–Crippen MR) is 97.5 cm³/mol. The monoisotopic (exact) mass is 413 g/mol. The minimum Gasteiger partial charge on any atom is -0.340 e. The first-order valence-electron chi connectivity index (χ1n) is 8.84. The lowest BCUT2D eigenvalue weighted by atomic mass is 10.0. The van der Waals surface area contributed by atoms with Crippen molar-refractivity contribution in [1.82, 2.24) is 15.5 Å². The predicted octanol–water partition coefficient (Wildman–Crippen LogP) is 5.15. The van der Waals surface area contributed by atoms with Crippen LogP contribution in [0.4, 0.5) is 13.2 Å². The standard InChI is InChI=1S/C19H19ClF3N3O2/c1-10(2)16(18-25-17(26-28-18)11-3-4-11)24-15(27)8-5-12-9-13(19(21,22)23)6-7-14(12)20/h5-11,16H,3-4H2,1-2H3,(H,24,27)/b8-5+. The zero-order valence-electron chi connectivity index (χ0n) is 15.3. The zero-order valence-corrected chi connectivity index (χ0v) is 16.0. The third-order valence-corrected chi connectivity index (χ3v) is 4.71. The van der Waals surface area contributed by atoms with Crippen LogP contribution in [0.1, 0.15) is 61.5 Å². The van der Waals surface area contributed by atoms with Gasteiger partial charge in [-0.2, -0.15) is 18.2 Å². The first-order chi connectivity index (χ1) is 13.1. The highest BCUT2D eigenvalue weighted by Gasteiger charge is 2.32. The molecule has 9 heteroatoms. The lowest BCUT2D eigenvalue weighted by Crippen LogP contribution is -2.30. The minimum atomic E-state index is -4.49. The molecule has 1 aromatic carbocycles. The second kappa shape index (κ2) is 7.95. The summed E-state index contributed by atoms with van der Waals surface area (Å²) in [5.41, 5.74) is -0.739. The smallest absolute Gasteiger partial charge is 0.340 e. The maximum atomic E-state index is 12.8. The summed E-state index contributed by atoms with van der Waals surface area (Å²) in [6, 6.07) is 2.43. The van der Waals surface area contributed by atoms with Gasteiger partial charge in [-0.15, -0.1) is 0 Å². The van der Waals surface area contributed by atoms with E-state index in [0.29, 0.717) is 17.6 Å². The molecular formula is C19H19ClF3N3O2. The van der Waals surface area contributed by atoms with Gasteiger partial charge in [-0.05, 0) is 48.6 Å². The SMILES string of the molecule is CC(C)C(NC(=O)/C=C/c1cc(C(F)(F)F)ccc1Cl)c1nc(C2CC2)no1. The average molecular weight is 414 g/mol. The van der Waals surface area contributed by atoms with E-state index in [1.807, 2.05) is 13.8 Å². The van der Waals surface area contributed by atoms with Gasteiger partial charge in [0.05, 0.1) is 5.56 Å². The number of benzene rings is 1. The van der Waals surface area contributed by atoms with Gasteiger partial charge in [-0.3, -0.25) is 4.79 Å². The van der Waals surface area contributed by atoms with Gasteiger partial charge < -0.3 is 9.84 Å². The van der Waals surface area contributed by atoms with Crippen molar-refractivity contribution in [3.05, 3.63) is 52.1 Å². The third-order valence-electron chi connectivity index (χ3n) is 4.37. The van der Waals surface area contributed by atoms with Crippen molar-refractivity contribution in [2.75, 3.05) is 0 Å². The Labute approximate surface area is 165 Å². The molecule has 1 heterocycles. The number of amides is 1. The van der Waals surface area contributed by atoms with E-state index < -0.39 is 23.7 Å². The molecule has 0 bridgehead atoms. The number of rotatable bonds is 6. The number of aromatic nitrogens is 2.